The van der Waals surface area contributed by atoms with E-state index in [1.807, 2.05) is 0 Å². The highest BCUT2D eigenvalue weighted by Gasteiger charge is 2.14. The molecule has 6 heteroatoms. The van der Waals surface area contributed by atoms with Gasteiger partial charge >= 0.3 is 0 Å². The van der Waals surface area contributed by atoms with Crippen LogP contribution in [0, 0.1) is 5.82 Å². The van der Waals surface area contributed by atoms with Crippen molar-refractivity contribution in [2.75, 3.05) is 39.4 Å². The largest absolute Gasteiger partial charge is 0.379 e. The normalized spacial score (nSPS) is 16.1. The Kier molecular flexibility index (Phi) is 4.40. The van der Waals surface area contributed by atoms with E-state index in [1.165, 1.54) is 12.1 Å². The van der Waals surface area contributed by atoms with Gasteiger partial charge in [0, 0.05) is 38.6 Å². The van der Waals surface area contributed by atoms with Gasteiger partial charge in [0.1, 0.15) is 11.5 Å². The molecular weight excluding hydrogens is 285 g/mol. The Labute approximate surface area is 128 Å². The predicted octanol–water partition coefficient (Wildman–Crippen LogP) is 1.38. The van der Waals surface area contributed by atoms with Gasteiger partial charge < -0.3 is 14.6 Å². The molecule has 118 valence electrons. The average molecular weight is 305 g/mol. The molecule has 1 saturated heterocycles. The number of hydrogen-bond donors (Lipinski definition) is 1. The maximum absolute atomic E-state index is 13.3. The lowest BCUT2D eigenvalue weighted by Gasteiger charge is -2.26. The van der Waals surface area contributed by atoms with Crippen LogP contribution in [0.4, 0.5) is 4.39 Å². The van der Waals surface area contributed by atoms with Crippen molar-refractivity contribution in [3.63, 3.8) is 0 Å². The average Bonchev–Trinajstić information content (AvgIpc) is 2.85. The molecule has 0 radical (unpaired) electrons. The van der Waals surface area contributed by atoms with Gasteiger partial charge in [-0.2, -0.15) is 0 Å². The Hall–Kier alpha value is -1.92. The molecule has 0 saturated carbocycles. The molecule has 0 bridgehead atoms. The molecule has 3 rings (SSSR count). The quantitative estimate of drug-likeness (QED) is 0.928. The van der Waals surface area contributed by atoms with Crippen LogP contribution in [-0.2, 0) is 11.8 Å². The summed E-state index contributed by atoms with van der Waals surface area (Å²) in [4.78, 5) is 14.6. The lowest BCUT2D eigenvalue weighted by Crippen LogP contribution is -2.41. The summed E-state index contributed by atoms with van der Waals surface area (Å²) in [7, 11) is 1.78. The highest BCUT2D eigenvalue weighted by atomic mass is 19.1. The minimum absolute atomic E-state index is 0.132. The van der Waals surface area contributed by atoms with Crippen molar-refractivity contribution < 1.29 is 13.9 Å². The van der Waals surface area contributed by atoms with Gasteiger partial charge in [-0.15, -0.1) is 0 Å². The maximum Gasteiger partial charge on any atom is 0.267 e. The van der Waals surface area contributed by atoms with Gasteiger partial charge in [0.25, 0.3) is 5.91 Å². The Morgan fingerprint density at radius 2 is 2.09 bits per heavy atom. The molecule has 0 aliphatic carbocycles. The van der Waals surface area contributed by atoms with E-state index in [2.05, 4.69) is 10.2 Å². The van der Waals surface area contributed by atoms with E-state index in [9.17, 15) is 9.18 Å². The number of amides is 1. The first-order chi connectivity index (χ1) is 10.6. The summed E-state index contributed by atoms with van der Waals surface area (Å²) in [6.07, 6.45) is 0. The number of fused-ring (bicyclic) bond motifs is 1. The molecule has 1 aromatic carbocycles. The zero-order valence-electron chi connectivity index (χ0n) is 12.6. The molecule has 1 fully saturated rings. The van der Waals surface area contributed by atoms with Crippen LogP contribution in [0.25, 0.3) is 10.9 Å². The van der Waals surface area contributed by atoms with Crippen molar-refractivity contribution in [1.29, 1.82) is 0 Å². The standard InChI is InChI=1S/C16H20FN3O2/c1-19-14-11-13(17)3-2-12(14)10-15(19)16(21)18-4-5-20-6-8-22-9-7-20/h2-3,10-11H,4-9H2,1H3,(H,18,21). The minimum Gasteiger partial charge on any atom is -0.379 e. The van der Waals surface area contributed by atoms with Crippen LogP contribution in [0.15, 0.2) is 24.3 Å². The van der Waals surface area contributed by atoms with E-state index in [4.69, 9.17) is 4.74 Å². The van der Waals surface area contributed by atoms with Crippen LogP contribution in [-0.4, -0.2) is 54.8 Å². The third-order valence-corrected chi connectivity index (χ3v) is 4.06. The van der Waals surface area contributed by atoms with Crippen molar-refractivity contribution in [2.24, 2.45) is 7.05 Å². The Morgan fingerprint density at radius 3 is 2.86 bits per heavy atom. The number of morpholine rings is 1. The Bertz CT molecular complexity index is 677. The second kappa shape index (κ2) is 6.46. The van der Waals surface area contributed by atoms with E-state index in [0.717, 1.165) is 43.8 Å². The fourth-order valence-electron chi connectivity index (χ4n) is 2.76. The van der Waals surface area contributed by atoms with Crippen LogP contribution in [0.2, 0.25) is 0 Å². The minimum atomic E-state index is -0.298. The van der Waals surface area contributed by atoms with Gasteiger partial charge in [0.05, 0.1) is 18.7 Å². The van der Waals surface area contributed by atoms with Crippen molar-refractivity contribution >= 4 is 16.8 Å². The number of aromatic nitrogens is 1. The molecule has 2 heterocycles. The lowest BCUT2D eigenvalue weighted by atomic mass is 10.2. The molecule has 5 nitrogen and oxygen atoms in total. The summed E-state index contributed by atoms with van der Waals surface area (Å²) < 4.78 is 20.3. The number of halogens is 1. The number of nitrogens with zero attached hydrogens (tertiary/aromatic N) is 2. The topological polar surface area (TPSA) is 46.5 Å². The highest BCUT2D eigenvalue weighted by molar-refractivity contribution is 5.98. The molecule has 2 aromatic rings. The van der Waals surface area contributed by atoms with Crippen molar-refractivity contribution in [2.45, 2.75) is 0 Å². The molecule has 0 atom stereocenters. The van der Waals surface area contributed by atoms with Gasteiger partial charge in [-0.1, -0.05) is 0 Å². The number of nitrogens with one attached hydrogen (secondary N) is 1. The summed E-state index contributed by atoms with van der Waals surface area (Å²) in [5.41, 5.74) is 1.26. The van der Waals surface area contributed by atoms with Gasteiger partial charge in [-0.05, 0) is 24.3 Å². The molecule has 1 aliphatic rings. The van der Waals surface area contributed by atoms with Crippen LogP contribution in [0.1, 0.15) is 10.5 Å². The van der Waals surface area contributed by atoms with Crippen molar-refractivity contribution in [3.05, 3.63) is 35.8 Å². The number of aryl methyl sites for hydroxylation is 1. The van der Waals surface area contributed by atoms with E-state index in [-0.39, 0.29) is 11.7 Å². The third-order valence-electron chi connectivity index (χ3n) is 4.06. The van der Waals surface area contributed by atoms with Gasteiger partial charge in [-0.3, -0.25) is 9.69 Å². The molecule has 1 amide bonds. The number of ether oxygens (including phenoxy) is 1. The van der Waals surface area contributed by atoms with Crippen molar-refractivity contribution in [1.82, 2.24) is 14.8 Å². The highest BCUT2D eigenvalue weighted by Crippen LogP contribution is 2.19. The summed E-state index contributed by atoms with van der Waals surface area (Å²) in [5, 5.41) is 3.79. The summed E-state index contributed by atoms with van der Waals surface area (Å²) in [5.74, 6) is -0.430. The molecule has 1 aliphatic heterocycles. The molecule has 22 heavy (non-hydrogen) atoms. The Morgan fingerprint density at radius 1 is 1.32 bits per heavy atom. The zero-order valence-corrected chi connectivity index (χ0v) is 12.6. The first-order valence-corrected chi connectivity index (χ1v) is 7.48. The van der Waals surface area contributed by atoms with Crippen LogP contribution < -0.4 is 5.32 Å². The van der Waals surface area contributed by atoms with Crippen molar-refractivity contribution in [3.8, 4) is 0 Å². The third kappa shape index (κ3) is 3.13. The number of rotatable bonds is 4. The molecule has 0 spiro atoms. The summed E-state index contributed by atoms with van der Waals surface area (Å²) in [6, 6.07) is 6.33. The molecule has 1 N–H and O–H groups in total. The van der Waals surface area contributed by atoms with E-state index in [0.29, 0.717) is 12.2 Å². The smallest absolute Gasteiger partial charge is 0.267 e. The van der Waals surface area contributed by atoms with Crippen LogP contribution in [0.5, 0.6) is 0 Å². The second-order valence-electron chi connectivity index (χ2n) is 5.50. The monoisotopic (exact) mass is 305 g/mol. The first-order valence-electron chi connectivity index (χ1n) is 7.48. The van der Waals surface area contributed by atoms with Crippen LogP contribution >= 0.6 is 0 Å². The number of benzene rings is 1. The van der Waals surface area contributed by atoms with Crippen LogP contribution in [0.3, 0.4) is 0 Å². The van der Waals surface area contributed by atoms with Gasteiger partial charge in [0.2, 0.25) is 0 Å². The number of carbonyl (C=O) groups excluding carboxylic acids is 1. The van der Waals surface area contributed by atoms with Gasteiger partial charge in [-0.25, -0.2) is 4.39 Å². The summed E-state index contributed by atoms with van der Waals surface area (Å²) >= 11 is 0. The fourth-order valence-corrected chi connectivity index (χ4v) is 2.76. The fraction of sp³-hybridized carbons (Fsp3) is 0.438. The second-order valence-corrected chi connectivity index (χ2v) is 5.50. The van der Waals surface area contributed by atoms with E-state index < -0.39 is 0 Å². The molecule has 1 aromatic heterocycles. The maximum atomic E-state index is 13.3. The number of hydrogen-bond acceptors (Lipinski definition) is 3. The SMILES string of the molecule is Cn1c(C(=O)NCCN2CCOCC2)cc2ccc(F)cc21. The van der Waals surface area contributed by atoms with E-state index >= 15 is 0 Å². The summed E-state index contributed by atoms with van der Waals surface area (Å²) in [6.45, 7) is 4.72. The van der Waals surface area contributed by atoms with E-state index in [1.54, 1.807) is 23.7 Å². The Balaban J connectivity index is 1.63. The van der Waals surface area contributed by atoms with Gasteiger partial charge in [0.15, 0.2) is 0 Å². The molecule has 0 unspecified atom stereocenters. The predicted molar refractivity (Wildman–Crippen MR) is 82.5 cm³/mol. The zero-order chi connectivity index (χ0) is 15.5. The molecular formula is C16H20FN3O2. The number of carbonyl (C=O) groups is 1. The first kappa shape index (κ1) is 15.0. The lowest BCUT2D eigenvalue weighted by molar-refractivity contribution is 0.0383.